The van der Waals surface area contributed by atoms with Gasteiger partial charge in [0.1, 0.15) is 5.82 Å². The molecule has 1 aromatic carbocycles. The maximum absolute atomic E-state index is 12.5. The molecule has 1 aliphatic rings. The SMILES string of the molecule is Cc1cccc(-c2nc3nc(C)cc(N4CCN(C(=O)c5ccco5)CC4)n3n2)c1. The Bertz CT molecular complexity index is 1210. The molecule has 4 heterocycles. The van der Waals surface area contributed by atoms with Crippen molar-refractivity contribution in [3.63, 3.8) is 0 Å². The second kappa shape index (κ2) is 7.29. The van der Waals surface area contributed by atoms with Gasteiger partial charge in [0.25, 0.3) is 11.7 Å². The third-order valence-corrected chi connectivity index (χ3v) is 5.32. The minimum atomic E-state index is -0.0711. The van der Waals surface area contributed by atoms with Crippen LogP contribution in [0.3, 0.4) is 0 Å². The number of furan rings is 1. The van der Waals surface area contributed by atoms with Gasteiger partial charge in [0.05, 0.1) is 6.26 Å². The summed E-state index contributed by atoms with van der Waals surface area (Å²) >= 11 is 0. The molecule has 1 fully saturated rings. The second-order valence-electron chi connectivity index (χ2n) is 7.53. The van der Waals surface area contributed by atoms with E-state index in [9.17, 15) is 4.79 Å². The monoisotopic (exact) mass is 402 g/mol. The fourth-order valence-electron chi connectivity index (χ4n) is 3.79. The molecule has 8 nitrogen and oxygen atoms in total. The van der Waals surface area contributed by atoms with Crippen LogP contribution in [0.25, 0.3) is 17.2 Å². The number of hydrogen-bond donors (Lipinski definition) is 0. The molecule has 152 valence electrons. The Kier molecular flexibility index (Phi) is 4.46. The highest BCUT2D eigenvalue weighted by molar-refractivity contribution is 5.91. The Labute approximate surface area is 173 Å². The van der Waals surface area contributed by atoms with Crippen molar-refractivity contribution in [3.05, 3.63) is 65.7 Å². The predicted octanol–water partition coefficient (Wildman–Crippen LogP) is 2.96. The summed E-state index contributed by atoms with van der Waals surface area (Å²) in [6, 6.07) is 13.6. The van der Waals surface area contributed by atoms with E-state index in [0.717, 1.165) is 22.6 Å². The van der Waals surface area contributed by atoms with E-state index in [1.807, 2.05) is 30.0 Å². The van der Waals surface area contributed by atoms with Crippen molar-refractivity contribution < 1.29 is 9.21 Å². The van der Waals surface area contributed by atoms with Crippen molar-refractivity contribution in [1.82, 2.24) is 24.5 Å². The first-order valence-corrected chi connectivity index (χ1v) is 9.98. The highest BCUT2D eigenvalue weighted by atomic mass is 16.3. The average molecular weight is 402 g/mol. The summed E-state index contributed by atoms with van der Waals surface area (Å²) in [6.07, 6.45) is 1.52. The van der Waals surface area contributed by atoms with Crippen LogP contribution in [0.1, 0.15) is 21.8 Å². The number of carbonyl (C=O) groups is 1. The summed E-state index contributed by atoms with van der Waals surface area (Å²) in [4.78, 5) is 25.8. The van der Waals surface area contributed by atoms with E-state index in [4.69, 9.17) is 9.52 Å². The second-order valence-corrected chi connectivity index (χ2v) is 7.53. The standard InChI is InChI=1S/C22H22N6O2/c1-15-5-3-6-17(13-15)20-24-22-23-16(2)14-19(28(22)25-20)26-8-10-27(11-9-26)21(29)18-7-4-12-30-18/h3-7,12-14H,8-11H2,1-2H3. The number of fused-ring (bicyclic) bond motifs is 1. The number of carbonyl (C=O) groups excluding carboxylic acids is 1. The number of benzene rings is 1. The molecule has 1 amide bonds. The zero-order chi connectivity index (χ0) is 20.7. The lowest BCUT2D eigenvalue weighted by molar-refractivity contribution is 0.0714. The van der Waals surface area contributed by atoms with Gasteiger partial charge >= 0.3 is 0 Å². The molecule has 3 aromatic heterocycles. The predicted molar refractivity (Wildman–Crippen MR) is 113 cm³/mol. The molecule has 0 bridgehead atoms. The molecular formula is C22H22N6O2. The molecule has 1 saturated heterocycles. The van der Waals surface area contributed by atoms with Gasteiger partial charge in [-0.05, 0) is 32.0 Å². The Hall–Kier alpha value is -3.68. The molecular weight excluding hydrogens is 380 g/mol. The van der Waals surface area contributed by atoms with Gasteiger partial charge in [-0.1, -0.05) is 23.8 Å². The van der Waals surface area contributed by atoms with E-state index >= 15 is 0 Å². The van der Waals surface area contributed by atoms with Gasteiger partial charge in [-0.2, -0.15) is 9.50 Å². The zero-order valence-electron chi connectivity index (χ0n) is 16.9. The number of amides is 1. The molecule has 0 atom stereocenters. The minimum Gasteiger partial charge on any atom is -0.459 e. The maximum atomic E-state index is 12.5. The van der Waals surface area contributed by atoms with Gasteiger partial charge in [-0.3, -0.25) is 4.79 Å². The highest BCUT2D eigenvalue weighted by Crippen LogP contribution is 2.23. The van der Waals surface area contributed by atoms with Crippen LogP contribution in [0, 0.1) is 13.8 Å². The summed E-state index contributed by atoms with van der Waals surface area (Å²) in [5.74, 6) is 2.48. The Morgan fingerprint density at radius 3 is 2.57 bits per heavy atom. The first kappa shape index (κ1) is 18.4. The Balaban J connectivity index is 1.42. The fourth-order valence-corrected chi connectivity index (χ4v) is 3.79. The van der Waals surface area contributed by atoms with Gasteiger partial charge in [0, 0.05) is 43.5 Å². The van der Waals surface area contributed by atoms with Crippen molar-refractivity contribution in [1.29, 1.82) is 0 Å². The zero-order valence-corrected chi connectivity index (χ0v) is 16.9. The van der Waals surface area contributed by atoms with Gasteiger partial charge in [-0.25, -0.2) is 4.98 Å². The van der Waals surface area contributed by atoms with Gasteiger partial charge < -0.3 is 14.2 Å². The number of aromatic nitrogens is 4. The van der Waals surface area contributed by atoms with Crippen LogP contribution < -0.4 is 4.90 Å². The molecule has 5 rings (SSSR count). The largest absolute Gasteiger partial charge is 0.459 e. The summed E-state index contributed by atoms with van der Waals surface area (Å²) in [5, 5.41) is 4.74. The summed E-state index contributed by atoms with van der Waals surface area (Å²) < 4.78 is 7.05. The first-order chi connectivity index (χ1) is 14.6. The molecule has 4 aromatic rings. The summed E-state index contributed by atoms with van der Waals surface area (Å²) in [5.41, 5.74) is 3.01. The molecule has 30 heavy (non-hydrogen) atoms. The number of anilines is 1. The fraction of sp³-hybridized carbons (Fsp3) is 0.273. The Morgan fingerprint density at radius 1 is 1.00 bits per heavy atom. The third-order valence-electron chi connectivity index (χ3n) is 5.32. The molecule has 1 aliphatic heterocycles. The Morgan fingerprint density at radius 2 is 1.83 bits per heavy atom. The van der Waals surface area contributed by atoms with E-state index in [0.29, 0.717) is 43.5 Å². The molecule has 0 saturated carbocycles. The van der Waals surface area contributed by atoms with Crippen LogP contribution >= 0.6 is 0 Å². The molecule has 0 N–H and O–H groups in total. The molecule has 0 spiro atoms. The van der Waals surface area contributed by atoms with E-state index in [1.54, 1.807) is 16.6 Å². The lowest BCUT2D eigenvalue weighted by atomic mass is 10.1. The van der Waals surface area contributed by atoms with Crippen LogP contribution in [-0.2, 0) is 0 Å². The van der Waals surface area contributed by atoms with E-state index < -0.39 is 0 Å². The van der Waals surface area contributed by atoms with Crippen LogP contribution in [0.15, 0.2) is 53.1 Å². The highest BCUT2D eigenvalue weighted by Gasteiger charge is 2.25. The molecule has 0 aliphatic carbocycles. The van der Waals surface area contributed by atoms with Crippen molar-refractivity contribution >= 4 is 17.5 Å². The van der Waals surface area contributed by atoms with E-state index in [-0.39, 0.29) is 5.91 Å². The summed E-state index contributed by atoms with van der Waals surface area (Å²) in [7, 11) is 0. The average Bonchev–Trinajstić information content (AvgIpc) is 3.43. The van der Waals surface area contributed by atoms with Crippen LogP contribution in [0.5, 0.6) is 0 Å². The number of hydrogen-bond acceptors (Lipinski definition) is 6. The molecule has 0 unspecified atom stereocenters. The van der Waals surface area contributed by atoms with Crippen LogP contribution in [-0.4, -0.2) is 56.6 Å². The first-order valence-electron chi connectivity index (χ1n) is 9.98. The molecule has 0 radical (unpaired) electrons. The van der Waals surface area contributed by atoms with Gasteiger partial charge in [-0.15, -0.1) is 5.10 Å². The van der Waals surface area contributed by atoms with Crippen molar-refractivity contribution in [2.75, 3.05) is 31.1 Å². The van der Waals surface area contributed by atoms with Crippen molar-refractivity contribution in [3.8, 4) is 11.4 Å². The number of piperazine rings is 1. The lowest BCUT2D eigenvalue weighted by Gasteiger charge is -2.35. The normalized spacial score (nSPS) is 14.5. The van der Waals surface area contributed by atoms with Crippen LogP contribution in [0.4, 0.5) is 5.82 Å². The van der Waals surface area contributed by atoms with Crippen molar-refractivity contribution in [2.24, 2.45) is 0 Å². The maximum Gasteiger partial charge on any atom is 0.289 e. The molecule has 8 heteroatoms. The van der Waals surface area contributed by atoms with Crippen LogP contribution in [0.2, 0.25) is 0 Å². The number of nitrogens with zero attached hydrogens (tertiary/aromatic N) is 6. The van der Waals surface area contributed by atoms with Crippen molar-refractivity contribution in [2.45, 2.75) is 13.8 Å². The quantitative estimate of drug-likeness (QED) is 0.524. The van der Waals surface area contributed by atoms with Gasteiger partial charge in [0.2, 0.25) is 0 Å². The smallest absolute Gasteiger partial charge is 0.289 e. The number of aryl methyl sites for hydroxylation is 2. The summed E-state index contributed by atoms with van der Waals surface area (Å²) in [6.45, 7) is 6.64. The minimum absolute atomic E-state index is 0.0711. The van der Waals surface area contributed by atoms with E-state index in [2.05, 4.69) is 33.9 Å². The topological polar surface area (TPSA) is 79.8 Å². The number of rotatable bonds is 3. The third kappa shape index (κ3) is 3.30. The van der Waals surface area contributed by atoms with Gasteiger partial charge in [0.15, 0.2) is 11.6 Å². The van der Waals surface area contributed by atoms with E-state index in [1.165, 1.54) is 6.26 Å². The lowest BCUT2D eigenvalue weighted by Crippen LogP contribution is -2.49.